The van der Waals surface area contributed by atoms with E-state index in [2.05, 4.69) is 10.1 Å². The number of sulfonamides is 1. The molecule has 158 valence electrons. The molecule has 0 fully saturated rings. The number of aryl methyl sites for hydroxylation is 2. The van der Waals surface area contributed by atoms with Crippen molar-refractivity contribution in [2.75, 3.05) is 17.7 Å². The van der Waals surface area contributed by atoms with Gasteiger partial charge in [-0.1, -0.05) is 11.8 Å². The molecular formula is C16H21N5O6S2. The first kappa shape index (κ1) is 22.6. The van der Waals surface area contributed by atoms with E-state index in [0.717, 1.165) is 18.0 Å². The molecule has 0 aliphatic heterocycles. The van der Waals surface area contributed by atoms with Gasteiger partial charge in [0.05, 0.1) is 34.9 Å². The zero-order valence-electron chi connectivity index (χ0n) is 16.7. The molecule has 2 rings (SSSR count). The Kier molecular flexibility index (Phi) is 6.53. The second kappa shape index (κ2) is 8.37. The molecule has 0 spiro atoms. The number of nitro groups is 1. The summed E-state index contributed by atoms with van der Waals surface area (Å²) in [6, 6.07) is 2.55. The number of aromatic nitrogens is 3. The first-order chi connectivity index (χ1) is 13.4. The second-order valence-corrected chi connectivity index (χ2v) is 9.36. The van der Waals surface area contributed by atoms with Gasteiger partial charge in [0.2, 0.25) is 15.9 Å². The van der Waals surface area contributed by atoms with E-state index in [4.69, 9.17) is 4.74 Å². The molecule has 11 nitrogen and oxygen atoms in total. The lowest BCUT2D eigenvalue weighted by Gasteiger charge is -2.23. The highest BCUT2D eigenvalue weighted by Gasteiger charge is 2.35. The van der Waals surface area contributed by atoms with Crippen LogP contribution in [-0.2, 0) is 21.9 Å². The van der Waals surface area contributed by atoms with E-state index in [1.54, 1.807) is 20.9 Å². The van der Waals surface area contributed by atoms with Crippen molar-refractivity contribution in [1.82, 2.24) is 14.8 Å². The molecule has 0 saturated carbocycles. The number of ether oxygens (including phenoxy) is 1. The summed E-state index contributed by atoms with van der Waals surface area (Å²) in [6.45, 7) is 4.70. The number of thioether (sulfide) groups is 1. The monoisotopic (exact) mass is 443 g/mol. The third-order valence-electron chi connectivity index (χ3n) is 4.06. The molecule has 2 aromatic rings. The Morgan fingerprint density at radius 1 is 1.38 bits per heavy atom. The Morgan fingerprint density at radius 2 is 2.00 bits per heavy atom. The fraction of sp³-hybridized carbons (Fsp3) is 0.438. The number of hydrogen-bond acceptors (Lipinski definition) is 9. The zero-order chi connectivity index (χ0) is 22.1. The Balaban J connectivity index is 2.47. The molecule has 1 unspecified atom stereocenters. The zero-order valence-corrected chi connectivity index (χ0v) is 18.4. The molecular weight excluding hydrogens is 422 g/mol. The number of methoxy groups -OCH3 is 1. The summed E-state index contributed by atoms with van der Waals surface area (Å²) in [5, 5.41) is 14.4. The van der Waals surface area contributed by atoms with E-state index in [1.165, 1.54) is 30.8 Å². The van der Waals surface area contributed by atoms with Crippen molar-refractivity contribution in [2.24, 2.45) is 7.05 Å². The summed E-state index contributed by atoms with van der Waals surface area (Å²) in [7, 11) is -0.992. The molecule has 0 aliphatic rings. The highest BCUT2D eigenvalue weighted by Crippen LogP contribution is 2.35. The minimum Gasteiger partial charge on any atom is -0.481 e. The van der Waals surface area contributed by atoms with E-state index in [1.807, 2.05) is 0 Å². The lowest BCUT2D eigenvalue weighted by molar-refractivity contribution is -0.388. The molecule has 1 atom stereocenters. The quantitative estimate of drug-likeness (QED) is 0.356. The lowest BCUT2D eigenvalue weighted by Crippen LogP contribution is -2.41. The number of nitrogens with zero attached hydrogens (tertiary/aromatic N) is 5. The SMILES string of the molecule is COc1ccc([N+](=O)[O-])c(SC(C)C(=O)N(c2c(C)nn(C)c2C)S(C)(=O)=O)n1. The van der Waals surface area contributed by atoms with Gasteiger partial charge in [0, 0.05) is 19.2 Å². The van der Waals surface area contributed by atoms with Gasteiger partial charge in [-0.15, -0.1) is 0 Å². The van der Waals surface area contributed by atoms with Gasteiger partial charge in [-0.3, -0.25) is 19.6 Å². The van der Waals surface area contributed by atoms with Gasteiger partial charge in [-0.25, -0.2) is 12.7 Å². The van der Waals surface area contributed by atoms with Gasteiger partial charge in [-0.05, 0) is 20.8 Å². The molecule has 0 radical (unpaired) electrons. The van der Waals surface area contributed by atoms with E-state index in [9.17, 15) is 23.3 Å². The first-order valence-corrected chi connectivity index (χ1v) is 11.0. The van der Waals surface area contributed by atoms with Crippen LogP contribution < -0.4 is 9.04 Å². The van der Waals surface area contributed by atoms with Crippen molar-refractivity contribution in [3.05, 3.63) is 33.6 Å². The van der Waals surface area contributed by atoms with Crippen molar-refractivity contribution >= 4 is 39.1 Å². The third kappa shape index (κ3) is 4.67. The van der Waals surface area contributed by atoms with Gasteiger partial charge >= 0.3 is 5.69 Å². The molecule has 0 bridgehead atoms. The van der Waals surface area contributed by atoms with Crippen LogP contribution in [0.4, 0.5) is 11.4 Å². The molecule has 0 N–H and O–H groups in total. The average molecular weight is 444 g/mol. The Morgan fingerprint density at radius 3 is 2.45 bits per heavy atom. The predicted molar refractivity (Wildman–Crippen MR) is 108 cm³/mol. The number of pyridine rings is 1. The van der Waals surface area contributed by atoms with Crippen LogP contribution in [0.25, 0.3) is 0 Å². The van der Waals surface area contributed by atoms with Gasteiger partial charge < -0.3 is 4.74 Å². The molecule has 13 heteroatoms. The predicted octanol–water partition coefficient (Wildman–Crippen LogP) is 1.82. The fourth-order valence-electron chi connectivity index (χ4n) is 2.63. The van der Waals surface area contributed by atoms with Crippen LogP contribution in [0.15, 0.2) is 17.2 Å². The smallest absolute Gasteiger partial charge is 0.301 e. The minimum absolute atomic E-state index is 0.0525. The standard InChI is InChI=1S/C16H21N5O6S2/c1-9-14(10(2)19(4)18-9)20(29(6,25)26)16(22)11(3)28-15-12(21(23)24)7-8-13(17-15)27-5/h7-8,11H,1-6H3. The summed E-state index contributed by atoms with van der Waals surface area (Å²) in [5.74, 6) is -0.632. The number of carbonyl (C=O) groups excluding carboxylic acids is 1. The van der Waals surface area contributed by atoms with Crippen molar-refractivity contribution < 1.29 is 22.9 Å². The van der Waals surface area contributed by atoms with Gasteiger partial charge in [-0.2, -0.15) is 10.1 Å². The highest BCUT2D eigenvalue weighted by molar-refractivity contribution is 8.01. The number of hydrogen-bond donors (Lipinski definition) is 0. The summed E-state index contributed by atoms with van der Waals surface area (Å²) in [4.78, 5) is 27.8. The maximum Gasteiger partial charge on any atom is 0.301 e. The number of amides is 1. The molecule has 2 heterocycles. The van der Waals surface area contributed by atoms with E-state index < -0.39 is 26.1 Å². The van der Waals surface area contributed by atoms with Crippen LogP contribution in [0.3, 0.4) is 0 Å². The lowest BCUT2D eigenvalue weighted by atomic mass is 10.3. The summed E-state index contributed by atoms with van der Waals surface area (Å²) >= 11 is 0.778. The molecule has 1 amide bonds. The van der Waals surface area contributed by atoms with Crippen LogP contribution in [0.2, 0.25) is 0 Å². The van der Waals surface area contributed by atoms with Crippen LogP contribution in [-0.4, -0.2) is 52.6 Å². The molecule has 0 aliphatic carbocycles. The van der Waals surface area contributed by atoms with Gasteiger partial charge in [0.1, 0.15) is 5.69 Å². The third-order valence-corrected chi connectivity index (χ3v) is 6.17. The normalized spacial score (nSPS) is 12.5. The van der Waals surface area contributed by atoms with Gasteiger partial charge in [0.25, 0.3) is 5.91 Å². The van der Waals surface area contributed by atoms with Crippen LogP contribution >= 0.6 is 11.8 Å². The molecule has 2 aromatic heterocycles. The molecule has 29 heavy (non-hydrogen) atoms. The summed E-state index contributed by atoms with van der Waals surface area (Å²) < 4.78 is 32.0. The topological polar surface area (TPSA) is 138 Å². The Labute approximate surface area is 172 Å². The van der Waals surface area contributed by atoms with Crippen LogP contribution in [0, 0.1) is 24.0 Å². The van der Waals surface area contributed by atoms with Crippen LogP contribution in [0.5, 0.6) is 5.88 Å². The highest BCUT2D eigenvalue weighted by atomic mass is 32.2. The number of anilines is 1. The minimum atomic E-state index is -3.99. The molecule has 0 aromatic carbocycles. The van der Waals surface area contributed by atoms with Crippen LogP contribution in [0.1, 0.15) is 18.3 Å². The maximum atomic E-state index is 13.1. The first-order valence-electron chi connectivity index (χ1n) is 8.28. The van der Waals surface area contributed by atoms with E-state index in [-0.39, 0.29) is 22.3 Å². The number of carbonyl (C=O) groups is 1. The Bertz CT molecular complexity index is 1070. The van der Waals surface area contributed by atoms with Crippen molar-refractivity contribution in [3.63, 3.8) is 0 Å². The van der Waals surface area contributed by atoms with Crippen molar-refractivity contribution in [3.8, 4) is 5.88 Å². The van der Waals surface area contributed by atoms with Crippen molar-refractivity contribution in [1.29, 1.82) is 0 Å². The average Bonchev–Trinajstić information content (AvgIpc) is 2.86. The number of rotatable bonds is 7. The maximum absolute atomic E-state index is 13.1. The molecule has 0 saturated heterocycles. The van der Waals surface area contributed by atoms with E-state index in [0.29, 0.717) is 15.7 Å². The second-order valence-electron chi connectivity index (χ2n) is 6.20. The van der Waals surface area contributed by atoms with Gasteiger partial charge in [0.15, 0.2) is 5.03 Å². The fourth-order valence-corrected chi connectivity index (χ4v) is 4.73. The van der Waals surface area contributed by atoms with E-state index >= 15 is 0 Å². The Hall–Kier alpha value is -2.67. The summed E-state index contributed by atoms with van der Waals surface area (Å²) in [6.07, 6.45) is 0.917. The largest absolute Gasteiger partial charge is 0.481 e. The summed E-state index contributed by atoms with van der Waals surface area (Å²) in [5.41, 5.74) is 0.714. The van der Waals surface area contributed by atoms with Crippen molar-refractivity contribution in [2.45, 2.75) is 31.0 Å².